The summed E-state index contributed by atoms with van der Waals surface area (Å²) >= 11 is 0. The Morgan fingerprint density at radius 2 is 1.81 bits per heavy atom. The molecule has 8 heteroatoms. The molecule has 0 bridgehead atoms. The quantitative estimate of drug-likeness (QED) is 0.480. The molecule has 32 heavy (non-hydrogen) atoms. The van der Waals surface area contributed by atoms with Crippen molar-refractivity contribution in [1.82, 2.24) is 9.80 Å². The number of likely N-dealkylation sites (tertiary alicyclic amines) is 2. The molecule has 8 nitrogen and oxygen atoms in total. The molecule has 0 N–H and O–H groups in total. The van der Waals surface area contributed by atoms with Crippen LogP contribution in [0.1, 0.15) is 46.0 Å². The zero-order chi connectivity index (χ0) is 22.6. The minimum Gasteiger partial charge on any atom is -0.465 e. The van der Waals surface area contributed by atoms with Gasteiger partial charge in [-0.15, -0.1) is 0 Å². The first-order chi connectivity index (χ1) is 15.3. The summed E-state index contributed by atoms with van der Waals surface area (Å²) in [5.74, 6) is 0.908. The summed E-state index contributed by atoms with van der Waals surface area (Å²) in [5.41, 5.74) is 0.0351. The smallest absolute Gasteiger partial charge is 0.336 e. The van der Waals surface area contributed by atoms with Gasteiger partial charge in [-0.1, -0.05) is 6.92 Å². The van der Waals surface area contributed by atoms with Gasteiger partial charge in [-0.2, -0.15) is 0 Å². The molecule has 174 valence electrons. The second-order valence-electron chi connectivity index (χ2n) is 10.3. The maximum Gasteiger partial charge on any atom is 0.336 e. The predicted octanol–water partition coefficient (Wildman–Crippen LogP) is 1.54. The standard InChI is InChI=1S/C24H32N2O6/c1-14-16(3-4-17-18(14)12-31-22(17)29)5-8-25-9-6-24(7-10-25)20(27)11-26(23(24)30)19-13-32-21(28)15(19)2/h14,16-18H,3-13H2,1-2H3. The van der Waals surface area contributed by atoms with Gasteiger partial charge in [0.1, 0.15) is 12.0 Å². The fourth-order valence-electron chi connectivity index (χ4n) is 6.55. The minimum atomic E-state index is -0.942. The molecule has 1 amide bonds. The first-order valence-corrected chi connectivity index (χ1v) is 11.9. The Labute approximate surface area is 188 Å². The number of fused-ring (bicyclic) bond motifs is 1. The molecule has 1 saturated carbocycles. The van der Waals surface area contributed by atoms with Crippen molar-refractivity contribution in [2.75, 3.05) is 39.4 Å². The van der Waals surface area contributed by atoms with Crippen LogP contribution < -0.4 is 0 Å². The van der Waals surface area contributed by atoms with Crippen molar-refractivity contribution in [2.45, 2.75) is 46.0 Å². The molecule has 1 spiro atoms. The SMILES string of the molecule is CC1=C(N2CC(=O)C3(CCN(CCC4CCC5C(=O)OCC5C4C)CC3)C2=O)COC1=O. The van der Waals surface area contributed by atoms with Crippen LogP contribution in [-0.4, -0.2) is 72.8 Å². The largest absolute Gasteiger partial charge is 0.465 e. The van der Waals surface area contributed by atoms with Gasteiger partial charge in [0.15, 0.2) is 5.78 Å². The van der Waals surface area contributed by atoms with Gasteiger partial charge in [0.05, 0.1) is 30.3 Å². The van der Waals surface area contributed by atoms with Gasteiger partial charge in [0, 0.05) is 5.92 Å². The third kappa shape index (κ3) is 3.29. The summed E-state index contributed by atoms with van der Waals surface area (Å²) in [7, 11) is 0. The normalized spacial score (nSPS) is 35.0. The lowest BCUT2D eigenvalue weighted by Gasteiger charge is -2.39. The maximum atomic E-state index is 13.3. The van der Waals surface area contributed by atoms with Gasteiger partial charge in [-0.25, -0.2) is 4.79 Å². The summed E-state index contributed by atoms with van der Waals surface area (Å²) < 4.78 is 10.3. The summed E-state index contributed by atoms with van der Waals surface area (Å²) in [6.07, 6.45) is 4.15. The second kappa shape index (κ2) is 7.97. The van der Waals surface area contributed by atoms with Gasteiger partial charge in [0.2, 0.25) is 5.91 Å². The van der Waals surface area contributed by atoms with Gasteiger partial charge in [0.25, 0.3) is 0 Å². The number of cyclic esters (lactones) is 2. The molecule has 0 radical (unpaired) electrons. The Morgan fingerprint density at radius 3 is 2.50 bits per heavy atom. The van der Waals surface area contributed by atoms with E-state index in [9.17, 15) is 19.2 Å². The fraction of sp³-hybridized carbons (Fsp3) is 0.750. The van der Waals surface area contributed by atoms with E-state index in [0.29, 0.717) is 48.5 Å². The number of carbonyl (C=O) groups is 4. The van der Waals surface area contributed by atoms with Crippen LogP contribution in [0, 0.1) is 29.1 Å². The summed E-state index contributed by atoms with van der Waals surface area (Å²) in [6.45, 7) is 7.01. The predicted molar refractivity (Wildman–Crippen MR) is 113 cm³/mol. The zero-order valence-corrected chi connectivity index (χ0v) is 18.9. The summed E-state index contributed by atoms with van der Waals surface area (Å²) in [5, 5.41) is 0. The number of Topliss-reactive ketones (excluding diaryl/α,β-unsaturated/α-hetero) is 1. The Kier molecular flexibility index (Phi) is 5.39. The lowest BCUT2D eigenvalue weighted by Crippen LogP contribution is -2.47. The van der Waals surface area contributed by atoms with Crippen molar-refractivity contribution in [3.8, 4) is 0 Å². The van der Waals surface area contributed by atoms with Crippen molar-refractivity contribution >= 4 is 23.6 Å². The van der Waals surface area contributed by atoms with Crippen molar-refractivity contribution in [2.24, 2.45) is 29.1 Å². The molecule has 4 atom stereocenters. The lowest BCUT2D eigenvalue weighted by molar-refractivity contribution is -0.143. The Hall–Kier alpha value is -2.22. The molecule has 0 aromatic carbocycles. The molecule has 4 unspecified atom stereocenters. The highest BCUT2D eigenvalue weighted by atomic mass is 16.5. The molecule has 1 aliphatic carbocycles. The van der Waals surface area contributed by atoms with Crippen molar-refractivity contribution < 1.29 is 28.7 Å². The summed E-state index contributed by atoms with van der Waals surface area (Å²) in [4.78, 5) is 53.6. The molecule has 4 heterocycles. The van der Waals surface area contributed by atoms with E-state index in [2.05, 4.69) is 11.8 Å². The third-order valence-corrected chi connectivity index (χ3v) is 8.93. The van der Waals surface area contributed by atoms with E-state index >= 15 is 0 Å². The van der Waals surface area contributed by atoms with E-state index in [1.54, 1.807) is 6.92 Å². The van der Waals surface area contributed by atoms with E-state index in [0.717, 1.165) is 38.9 Å². The number of hydrogen-bond acceptors (Lipinski definition) is 7. The van der Waals surface area contributed by atoms with Gasteiger partial charge in [-0.3, -0.25) is 14.4 Å². The summed E-state index contributed by atoms with van der Waals surface area (Å²) in [6, 6.07) is 0. The van der Waals surface area contributed by atoms with Gasteiger partial charge >= 0.3 is 11.9 Å². The minimum absolute atomic E-state index is 0.0129. The Balaban J connectivity index is 1.17. The van der Waals surface area contributed by atoms with E-state index in [1.165, 1.54) is 4.90 Å². The van der Waals surface area contributed by atoms with E-state index in [1.807, 2.05) is 0 Å². The molecule has 4 aliphatic heterocycles. The molecule has 0 aromatic rings. The number of carbonyl (C=O) groups excluding carboxylic acids is 4. The van der Waals surface area contributed by atoms with Gasteiger partial charge in [-0.05, 0) is 70.5 Å². The average molecular weight is 445 g/mol. The highest BCUT2D eigenvalue weighted by Gasteiger charge is 2.56. The third-order valence-electron chi connectivity index (χ3n) is 8.93. The highest BCUT2D eigenvalue weighted by molar-refractivity contribution is 6.14. The average Bonchev–Trinajstić information content (AvgIpc) is 3.40. The van der Waals surface area contributed by atoms with Crippen molar-refractivity contribution in [3.63, 3.8) is 0 Å². The van der Waals surface area contributed by atoms with Crippen LogP contribution in [0.4, 0.5) is 0 Å². The van der Waals surface area contributed by atoms with Crippen LogP contribution in [0.15, 0.2) is 11.3 Å². The topological polar surface area (TPSA) is 93.2 Å². The number of ketones is 1. The number of rotatable bonds is 4. The monoisotopic (exact) mass is 444 g/mol. The van der Waals surface area contributed by atoms with Gasteiger partial charge < -0.3 is 19.3 Å². The number of nitrogens with zero attached hydrogens (tertiary/aromatic N) is 2. The Morgan fingerprint density at radius 1 is 1.06 bits per heavy atom. The lowest BCUT2D eigenvalue weighted by atomic mass is 9.67. The van der Waals surface area contributed by atoms with Crippen LogP contribution in [0.5, 0.6) is 0 Å². The number of piperidine rings is 1. The number of ether oxygens (including phenoxy) is 2. The van der Waals surface area contributed by atoms with Crippen LogP contribution in [-0.2, 0) is 28.7 Å². The molecular weight excluding hydrogens is 412 g/mol. The first kappa shape index (κ1) is 21.6. The maximum absolute atomic E-state index is 13.3. The molecule has 0 aromatic heterocycles. The first-order valence-electron chi connectivity index (χ1n) is 11.9. The number of esters is 2. The molecule has 4 fully saturated rings. The highest BCUT2D eigenvalue weighted by Crippen LogP contribution is 2.45. The number of hydrogen-bond donors (Lipinski definition) is 0. The van der Waals surface area contributed by atoms with E-state index in [-0.39, 0.29) is 36.7 Å². The number of amides is 1. The van der Waals surface area contributed by atoms with Crippen molar-refractivity contribution in [3.05, 3.63) is 11.3 Å². The molecule has 5 rings (SSSR count). The molecular formula is C24H32N2O6. The fourth-order valence-corrected chi connectivity index (χ4v) is 6.55. The van der Waals surface area contributed by atoms with Crippen LogP contribution in [0.25, 0.3) is 0 Å². The second-order valence-corrected chi connectivity index (χ2v) is 10.3. The van der Waals surface area contributed by atoms with E-state index in [4.69, 9.17) is 9.47 Å². The zero-order valence-electron chi connectivity index (χ0n) is 18.9. The Bertz CT molecular complexity index is 887. The van der Waals surface area contributed by atoms with Crippen LogP contribution in [0.3, 0.4) is 0 Å². The van der Waals surface area contributed by atoms with Crippen molar-refractivity contribution in [1.29, 1.82) is 0 Å². The van der Waals surface area contributed by atoms with Crippen LogP contribution in [0.2, 0.25) is 0 Å². The molecule has 3 saturated heterocycles. The molecule has 5 aliphatic rings. The van der Waals surface area contributed by atoms with E-state index < -0.39 is 11.4 Å². The van der Waals surface area contributed by atoms with Crippen LogP contribution >= 0.6 is 0 Å².